The van der Waals surface area contributed by atoms with Gasteiger partial charge >= 0.3 is 0 Å². The molecule has 0 aliphatic carbocycles. The number of hydrogen-bond acceptors (Lipinski definition) is 6. The van der Waals surface area contributed by atoms with Crippen LogP contribution in [0.15, 0.2) is 53.3 Å². The zero-order chi connectivity index (χ0) is 18.5. The van der Waals surface area contributed by atoms with Gasteiger partial charge in [0.15, 0.2) is 0 Å². The van der Waals surface area contributed by atoms with E-state index in [1.54, 1.807) is 50.6 Å². The van der Waals surface area contributed by atoms with Crippen molar-refractivity contribution in [3.63, 3.8) is 0 Å². The number of aromatic nitrogens is 2. The number of aromatic amines is 1. The Balaban J connectivity index is 2.07. The molecule has 7 nitrogen and oxygen atoms in total. The Morgan fingerprint density at radius 3 is 2.46 bits per heavy atom. The van der Waals surface area contributed by atoms with E-state index in [9.17, 15) is 10.1 Å². The van der Waals surface area contributed by atoms with Gasteiger partial charge in [-0.3, -0.25) is 9.78 Å². The normalized spacial score (nSPS) is 10.0. The van der Waals surface area contributed by atoms with Crippen LogP contribution in [0.25, 0.3) is 11.3 Å². The number of nitrogens with zero attached hydrogens (tertiary/aromatic N) is 2. The molecule has 3 aromatic rings. The van der Waals surface area contributed by atoms with Gasteiger partial charge in [0.2, 0.25) is 5.95 Å². The molecule has 3 rings (SSSR count). The zero-order valence-electron chi connectivity index (χ0n) is 14.2. The lowest BCUT2D eigenvalue weighted by molar-refractivity contribution is 0.415. The van der Waals surface area contributed by atoms with E-state index in [2.05, 4.69) is 15.3 Å². The second-order valence-corrected chi connectivity index (χ2v) is 5.30. The number of benzene rings is 2. The van der Waals surface area contributed by atoms with Crippen LogP contribution in [0, 0.1) is 11.3 Å². The van der Waals surface area contributed by atoms with E-state index in [1.165, 1.54) is 0 Å². The number of rotatable bonds is 5. The molecule has 7 heteroatoms. The number of methoxy groups -OCH3 is 2. The van der Waals surface area contributed by atoms with Gasteiger partial charge in [0, 0.05) is 5.56 Å². The summed E-state index contributed by atoms with van der Waals surface area (Å²) >= 11 is 0. The zero-order valence-corrected chi connectivity index (χ0v) is 14.2. The molecular formula is C19H16N4O3. The molecular weight excluding hydrogens is 332 g/mol. The Bertz CT molecular complexity index is 1020. The van der Waals surface area contributed by atoms with Crippen LogP contribution in [0.4, 0.5) is 11.6 Å². The third kappa shape index (κ3) is 3.35. The Hall–Kier alpha value is -3.79. The molecule has 0 atom stereocenters. The summed E-state index contributed by atoms with van der Waals surface area (Å²) < 4.78 is 10.4. The van der Waals surface area contributed by atoms with Crippen molar-refractivity contribution in [3.05, 3.63) is 64.4 Å². The Morgan fingerprint density at radius 2 is 1.81 bits per heavy atom. The van der Waals surface area contributed by atoms with E-state index in [1.807, 2.05) is 18.2 Å². The highest BCUT2D eigenvalue weighted by atomic mass is 16.5. The first kappa shape index (κ1) is 17.0. The predicted octanol–water partition coefficient (Wildman–Crippen LogP) is 3.07. The van der Waals surface area contributed by atoms with Gasteiger partial charge in [-0.1, -0.05) is 12.1 Å². The lowest BCUT2D eigenvalue weighted by Gasteiger charge is -2.11. The molecule has 0 aliphatic heterocycles. The summed E-state index contributed by atoms with van der Waals surface area (Å²) in [6, 6.07) is 16.1. The second-order valence-electron chi connectivity index (χ2n) is 5.30. The van der Waals surface area contributed by atoms with Crippen LogP contribution in [0.3, 0.4) is 0 Å². The van der Waals surface area contributed by atoms with Gasteiger partial charge < -0.3 is 14.8 Å². The van der Waals surface area contributed by atoms with Crippen LogP contribution in [-0.4, -0.2) is 24.2 Å². The van der Waals surface area contributed by atoms with Crippen molar-refractivity contribution in [2.24, 2.45) is 0 Å². The van der Waals surface area contributed by atoms with Crippen LogP contribution >= 0.6 is 0 Å². The van der Waals surface area contributed by atoms with E-state index in [0.29, 0.717) is 22.7 Å². The summed E-state index contributed by atoms with van der Waals surface area (Å²) in [4.78, 5) is 19.3. The fourth-order valence-corrected chi connectivity index (χ4v) is 2.47. The molecule has 0 amide bonds. The lowest BCUT2D eigenvalue weighted by atomic mass is 10.1. The summed E-state index contributed by atoms with van der Waals surface area (Å²) in [6.07, 6.45) is 0. The van der Waals surface area contributed by atoms with Crippen molar-refractivity contribution >= 4 is 11.6 Å². The first-order valence-corrected chi connectivity index (χ1v) is 7.75. The molecule has 0 aliphatic rings. The molecule has 130 valence electrons. The van der Waals surface area contributed by atoms with Crippen molar-refractivity contribution in [2.75, 3.05) is 19.5 Å². The summed E-state index contributed by atoms with van der Waals surface area (Å²) in [5, 5.41) is 12.4. The van der Waals surface area contributed by atoms with Gasteiger partial charge in [0.25, 0.3) is 5.56 Å². The number of para-hydroxylation sites is 2. The summed E-state index contributed by atoms with van der Waals surface area (Å²) in [6.45, 7) is 0. The third-order valence-corrected chi connectivity index (χ3v) is 3.75. The van der Waals surface area contributed by atoms with E-state index >= 15 is 0 Å². The monoisotopic (exact) mass is 348 g/mol. The minimum absolute atomic E-state index is 0.0549. The van der Waals surface area contributed by atoms with Gasteiger partial charge in [-0.2, -0.15) is 5.26 Å². The van der Waals surface area contributed by atoms with Crippen molar-refractivity contribution in [2.45, 2.75) is 0 Å². The van der Waals surface area contributed by atoms with E-state index in [4.69, 9.17) is 9.47 Å². The Labute approximate surface area is 149 Å². The van der Waals surface area contributed by atoms with Gasteiger partial charge in [-0.15, -0.1) is 0 Å². The van der Waals surface area contributed by atoms with Crippen LogP contribution in [0.2, 0.25) is 0 Å². The van der Waals surface area contributed by atoms with Crippen LogP contribution in [0.5, 0.6) is 11.5 Å². The largest absolute Gasteiger partial charge is 0.497 e. The van der Waals surface area contributed by atoms with Crippen LogP contribution in [-0.2, 0) is 0 Å². The van der Waals surface area contributed by atoms with Gasteiger partial charge in [-0.05, 0) is 36.4 Å². The maximum atomic E-state index is 12.3. The van der Waals surface area contributed by atoms with Crippen molar-refractivity contribution < 1.29 is 9.47 Å². The van der Waals surface area contributed by atoms with Crippen molar-refractivity contribution in [3.8, 4) is 28.8 Å². The molecule has 0 saturated carbocycles. The average molecular weight is 348 g/mol. The minimum atomic E-state index is -0.522. The highest BCUT2D eigenvalue weighted by Crippen LogP contribution is 2.27. The molecule has 1 heterocycles. The fourth-order valence-electron chi connectivity index (χ4n) is 2.47. The van der Waals surface area contributed by atoms with Crippen molar-refractivity contribution in [1.82, 2.24) is 9.97 Å². The van der Waals surface area contributed by atoms with Crippen molar-refractivity contribution in [1.29, 1.82) is 5.26 Å². The summed E-state index contributed by atoms with van der Waals surface area (Å²) in [5.74, 6) is 1.49. The molecule has 0 radical (unpaired) electrons. The fraction of sp³-hybridized carbons (Fsp3) is 0.105. The first-order valence-electron chi connectivity index (χ1n) is 7.75. The number of anilines is 2. The second kappa shape index (κ2) is 7.40. The smallest absolute Gasteiger partial charge is 0.270 e. The number of nitriles is 1. The highest BCUT2D eigenvalue weighted by molar-refractivity contribution is 5.69. The molecule has 0 spiro atoms. The summed E-state index contributed by atoms with van der Waals surface area (Å²) in [5.41, 5.74) is 0.989. The molecule has 0 fully saturated rings. The highest BCUT2D eigenvalue weighted by Gasteiger charge is 2.14. The maximum absolute atomic E-state index is 12.3. The third-order valence-electron chi connectivity index (χ3n) is 3.75. The molecule has 0 saturated heterocycles. The number of nitrogens with one attached hydrogen (secondary N) is 2. The van der Waals surface area contributed by atoms with Crippen LogP contribution in [0.1, 0.15) is 5.56 Å². The Kier molecular flexibility index (Phi) is 4.85. The standard InChI is InChI=1S/C19H16N4O3/c1-25-13-9-7-12(8-10-13)17-14(11-20)18(24)23-19(22-17)21-15-5-3-4-6-16(15)26-2/h3-10H,1-2H3,(H2,21,22,23,24). The topological polar surface area (TPSA) is 100 Å². The molecule has 0 unspecified atom stereocenters. The van der Waals surface area contributed by atoms with E-state index in [0.717, 1.165) is 0 Å². The Morgan fingerprint density at radius 1 is 1.08 bits per heavy atom. The number of hydrogen-bond donors (Lipinski definition) is 2. The van der Waals surface area contributed by atoms with Crippen LogP contribution < -0.4 is 20.3 Å². The summed E-state index contributed by atoms with van der Waals surface area (Å²) in [7, 11) is 3.12. The first-order chi connectivity index (χ1) is 12.7. The number of H-pyrrole nitrogens is 1. The quantitative estimate of drug-likeness (QED) is 0.735. The SMILES string of the molecule is COc1ccc(-c2nc(Nc3ccccc3OC)[nH]c(=O)c2C#N)cc1. The van der Waals surface area contributed by atoms with Gasteiger partial charge in [0.05, 0.1) is 25.6 Å². The molecule has 0 bridgehead atoms. The molecule has 1 aromatic heterocycles. The lowest BCUT2D eigenvalue weighted by Crippen LogP contribution is -2.16. The average Bonchev–Trinajstić information content (AvgIpc) is 2.68. The molecule has 2 aromatic carbocycles. The number of ether oxygens (including phenoxy) is 2. The van der Waals surface area contributed by atoms with E-state index < -0.39 is 5.56 Å². The minimum Gasteiger partial charge on any atom is -0.497 e. The predicted molar refractivity (Wildman–Crippen MR) is 97.8 cm³/mol. The van der Waals surface area contributed by atoms with Gasteiger partial charge in [-0.25, -0.2) is 4.98 Å². The molecule has 26 heavy (non-hydrogen) atoms. The molecule has 2 N–H and O–H groups in total. The maximum Gasteiger partial charge on any atom is 0.270 e. The van der Waals surface area contributed by atoms with E-state index in [-0.39, 0.29) is 17.2 Å². The van der Waals surface area contributed by atoms with Gasteiger partial charge in [0.1, 0.15) is 23.1 Å².